The molecule has 0 amide bonds. The van der Waals surface area contributed by atoms with Crippen molar-refractivity contribution >= 4 is 5.69 Å². The highest BCUT2D eigenvalue weighted by Gasteiger charge is 2.05. The third-order valence-electron chi connectivity index (χ3n) is 1.91. The first-order valence-electron chi connectivity index (χ1n) is 4.34. The largest absolute Gasteiger partial charge is 0.505 e. The fraction of sp³-hybridized carbons (Fsp3) is 0.0909. The van der Waals surface area contributed by atoms with Crippen molar-refractivity contribution in [3.63, 3.8) is 0 Å². The molecule has 0 atom stereocenters. The standard InChI is InChI=1S/C11H8FN3O/c1-7-2-9(12)11(16)3-10(7)15-6-8(4-13)5-14/h2-3,6,15-16H,1H3. The Morgan fingerprint density at radius 3 is 2.62 bits per heavy atom. The van der Waals surface area contributed by atoms with Gasteiger partial charge in [-0.2, -0.15) is 10.5 Å². The number of nitrogens with zero attached hydrogens (tertiary/aromatic N) is 2. The molecule has 1 aromatic carbocycles. The molecule has 0 radical (unpaired) electrons. The number of phenolic OH excluding ortho intramolecular Hbond substituents is 1. The number of nitriles is 2. The van der Waals surface area contributed by atoms with Crippen LogP contribution in [0.15, 0.2) is 23.9 Å². The number of aryl methyl sites for hydroxylation is 1. The molecule has 4 nitrogen and oxygen atoms in total. The van der Waals surface area contributed by atoms with Crippen LogP contribution in [0.25, 0.3) is 0 Å². The van der Waals surface area contributed by atoms with Gasteiger partial charge in [-0.05, 0) is 18.6 Å². The van der Waals surface area contributed by atoms with Crippen LogP contribution >= 0.6 is 0 Å². The first kappa shape index (κ1) is 11.5. The van der Waals surface area contributed by atoms with Crippen LogP contribution in [-0.2, 0) is 0 Å². The maximum atomic E-state index is 12.9. The van der Waals surface area contributed by atoms with Crippen molar-refractivity contribution < 1.29 is 9.50 Å². The van der Waals surface area contributed by atoms with E-state index < -0.39 is 11.6 Å². The van der Waals surface area contributed by atoms with Crippen LogP contribution in [0.2, 0.25) is 0 Å². The molecular formula is C11H8FN3O. The van der Waals surface area contributed by atoms with E-state index >= 15 is 0 Å². The summed E-state index contributed by atoms with van der Waals surface area (Å²) in [6.45, 7) is 1.64. The Morgan fingerprint density at radius 2 is 2.06 bits per heavy atom. The fourth-order valence-corrected chi connectivity index (χ4v) is 1.06. The lowest BCUT2D eigenvalue weighted by Gasteiger charge is -2.06. The highest BCUT2D eigenvalue weighted by atomic mass is 19.1. The molecule has 80 valence electrons. The first-order chi connectivity index (χ1) is 7.58. The Kier molecular flexibility index (Phi) is 3.47. The number of halogens is 1. The third-order valence-corrected chi connectivity index (χ3v) is 1.91. The van der Waals surface area contributed by atoms with Crippen LogP contribution in [0.3, 0.4) is 0 Å². The molecular weight excluding hydrogens is 209 g/mol. The van der Waals surface area contributed by atoms with Crippen molar-refractivity contribution in [3.05, 3.63) is 35.3 Å². The highest BCUT2D eigenvalue weighted by molar-refractivity contribution is 5.57. The van der Waals surface area contributed by atoms with Gasteiger partial charge in [0.2, 0.25) is 0 Å². The predicted octanol–water partition coefficient (Wildman–Crippen LogP) is 2.18. The Labute approximate surface area is 91.9 Å². The van der Waals surface area contributed by atoms with E-state index in [-0.39, 0.29) is 5.57 Å². The summed E-state index contributed by atoms with van der Waals surface area (Å²) < 4.78 is 12.9. The number of aromatic hydroxyl groups is 1. The monoisotopic (exact) mass is 217 g/mol. The second-order valence-corrected chi connectivity index (χ2v) is 3.04. The van der Waals surface area contributed by atoms with Crippen LogP contribution in [0.1, 0.15) is 5.56 Å². The Morgan fingerprint density at radius 1 is 1.44 bits per heavy atom. The van der Waals surface area contributed by atoms with Crippen molar-refractivity contribution in [1.29, 1.82) is 10.5 Å². The summed E-state index contributed by atoms with van der Waals surface area (Å²) >= 11 is 0. The molecule has 0 aromatic heterocycles. The molecule has 0 fully saturated rings. The second kappa shape index (κ2) is 4.81. The molecule has 0 spiro atoms. The van der Waals surface area contributed by atoms with Gasteiger partial charge in [0.25, 0.3) is 0 Å². The molecule has 0 saturated heterocycles. The van der Waals surface area contributed by atoms with Gasteiger partial charge in [0.05, 0.1) is 0 Å². The zero-order valence-corrected chi connectivity index (χ0v) is 8.45. The van der Waals surface area contributed by atoms with Gasteiger partial charge in [-0.25, -0.2) is 4.39 Å². The van der Waals surface area contributed by atoms with E-state index in [1.807, 2.05) is 0 Å². The van der Waals surface area contributed by atoms with Crippen molar-refractivity contribution in [2.45, 2.75) is 6.92 Å². The molecule has 1 rings (SSSR count). The molecule has 0 saturated carbocycles. The number of anilines is 1. The van der Waals surface area contributed by atoms with E-state index in [4.69, 9.17) is 15.6 Å². The molecule has 0 aliphatic heterocycles. The summed E-state index contributed by atoms with van der Waals surface area (Å²) in [4.78, 5) is 0. The van der Waals surface area contributed by atoms with Gasteiger partial charge in [0.15, 0.2) is 11.6 Å². The second-order valence-electron chi connectivity index (χ2n) is 3.04. The van der Waals surface area contributed by atoms with E-state index in [1.54, 1.807) is 19.1 Å². The number of allylic oxidation sites excluding steroid dienone is 1. The van der Waals surface area contributed by atoms with Gasteiger partial charge < -0.3 is 10.4 Å². The quantitative estimate of drug-likeness (QED) is 0.744. The number of rotatable bonds is 2. The normalized spacial score (nSPS) is 8.75. The van der Waals surface area contributed by atoms with E-state index in [9.17, 15) is 4.39 Å². The molecule has 16 heavy (non-hydrogen) atoms. The van der Waals surface area contributed by atoms with E-state index in [1.165, 1.54) is 12.3 Å². The molecule has 0 bridgehead atoms. The summed E-state index contributed by atoms with van der Waals surface area (Å²) in [5, 5.41) is 28.8. The van der Waals surface area contributed by atoms with E-state index in [0.717, 1.165) is 6.07 Å². The zero-order valence-electron chi connectivity index (χ0n) is 8.45. The third kappa shape index (κ3) is 2.49. The Bertz CT molecular complexity index is 507. The predicted molar refractivity (Wildman–Crippen MR) is 55.7 cm³/mol. The molecule has 0 aliphatic carbocycles. The van der Waals surface area contributed by atoms with Crippen LogP contribution < -0.4 is 5.32 Å². The molecule has 1 aromatic rings. The zero-order chi connectivity index (χ0) is 12.1. The lowest BCUT2D eigenvalue weighted by atomic mass is 10.2. The number of phenols is 1. The van der Waals surface area contributed by atoms with Crippen LogP contribution in [-0.4, -0.2) is 5.11 Å². The number of nitrogens with one attached hydrogen (secondary N) is 1. The van der Waals surface area contributed by atoms with Gasteiger partial charge in [0, 0.05) is 18.0 Å². The first-order valence-corrected chi connectivity index (χ1v) is 4.34. The van der Waals surface area contributed by atoms with Gasteiger partial charge in [-0.1, -0.05) is 0 Å². The van der Waals surface area contributed by atoms with Crippen molar-refractivity contribution in [2.24, 2.45) is 0 Å². The smallest absolute Gasteiger partial charge is 0.165 e. The van der Waals surface area contributed by atoms with Crippen molar-refractivity contribution in [2.75, 3.05) is 5.32 Å². The highest BCUT2D eigenvalue weighted by Crippen LogP contribution is 2.24. The minimum Gasteiger partial charge on any atom is -0.505 e. The topological polar surface area (TPSA) is 79.8 Å². The summed E-state index contributed by atoms with van der Waals surface area (Å²) in [6.07, 6.45) is 1.19. The maximum absolute atomic E-state index is 12.9. The van der Waals surface area contributed by atoms with Crippen LogP contribution in [0, 0.1) is 35.4 Å². The minimum atomic E-state index is -0.715. The summed E-state index contributed by atoms with van der Waals surface area (Å²) in [5.74, 6) is -1.20. The average Bonchev–Trinajstić information content (AvgIpc) is 2.26. The Balaban J connectivity index is 3.01. The Hall–Kier alpha value is -2.53. The lowest BCUT2D eigenvalue weighted by molar-refractivity contribution is 0.432. The van der Waals surface area contributed by atoms with E-state index in [2.05, 4.69) is 5.32 Å². The van der Waals surface area contributed by atoms with E-state index in [0.29, 0.717) is 11.3 Å². The van der Waals surface area contributed by atoms with Gasteiger partial charge >= 0.3 is 0 Å². The minimum absolute atomic E-state index is 0.108. The van der Waals surface area contributed by atoms with Gasteiger partial charge in [-0.3, -0.25) is 0 Å². The van der Waals surface area contributed by atoms with Crippen LogP contribution in [0.4, 0.5) is 10.1 Å². The van der Waals surface area contributed by atoms with Gasteiger partial charge in [-0.15, -0.1) is 0 Å². The molecule has 0 unspecified atom stereocenters. The number of hydrogen-bond acceptors (Lipinski definition) is 4. The molecule has 0 aliphatic rings. The van der Waals surface area contributed by atoms with Crippen LogP contribution in [0.5, 0.6) is 5.75 Å². The maximum Gasteiger partial charge on any atom is 0.165 e. The SMILES string of the molecule is Cc1cc(F)c(O)cc1NC=C(C#N)C#N. The molecule has 0 heterocycles. The fourth-order valence-electron chi connectivity index (χ4n) is 1.06. The lowest BCUT2D eigenvalue weighted by Crippen LogP contribution is -1.94. The summed E-state index contributed by atoms with van der Waals surface area (Å²) in [7, 11) is 0. The average molecular weight is 217 g/mol. The van der Waals surface area contributed by atoms with Gasteiger partial charge in [0.1, 0.15) is 17.7 Å². The van der Waals surface area contributed by atoms with Crippen molar-refractivity contribution in [3.8, 4) is 17.9 Å². The van der Waals surface area contributed by atoms with Crippen molar-refractivity contribution in [1.82, 2.24) is 0 Å². The number of benzene rings is 1. The molecule has 5 heteroatoms. The summed E-state index contributed by atoms with van der Waals surface area (Å²) in [6, 6.07) is 5.68. The summed E-state index contributed by atoms with van der Waals surface area (Å²) in [5.41, 5.74) is 0.881. The molecule has 2 N–H and O–H groups in total. The number of hydrogen-bond donors (Lipinski definition) is 2.